The Morgan fingerprint density at radius 3 is 1.86 bits per heavy atom. The summed E-state index contributed by atoms with van der Waals surface area (Å²) in [6.07, 6.45) is 0. The fourth-order valence-electron chi connectivity index (χ4n) is 0.503. The maximum Gasteiger partial charge on any atom is 0.300 e. The van der Waals surface area contributed by atoms with E-state index in [4.69, 9.17) is 16.5 Å². The average Bonchev–Trinajstić information content (AvgIpc) is 2.21. The molecule has 0 heterocycles. The molecule has 1 aromatic carbocycles. The van der Waals surface area contributed by atoms with Crippen molar-refractivity contribution in [1.82, 2.24) is 0 Å². The molecule has 0 aromatic heterocycles. The lowest BCUT2D eigenvalue weighted by molar-refractivity contribution is -0.134. The second-order valence-electron chi connectivity index (χ2n) is 1.97. The average molecular weight is 193 g/mol. The molecule has 0 fully saturated rings. The number of benzene rings is 1. The highest BCUT2D eigenvalue weighted by Gasteiger charge is 1.79. The second kappa shape index (κ2) is 11.2. The molecule has 0 aliphatic heterocycles. The standard InChI is InChI=1S/C7H5N.C2H4O2.C2H6/c1-8-7-5-3-2-4-6-7;1-2(3)4;1-2/h2-6H;1H3,(H,3,4);1-2H3. The Hall–Kier alpha value is -1.82. The van der Waals surface area contributed by atoms with Crippen LogP contribution in [0.3, 0.4) is 0 Å². The first kappa shape index (κ1) is 14.7. The molecule has 0 saturated heterocycles. The summed E-state index contributed by atoms with van der Waals surface area (Å²) in [5, 5.41) is 7.42. The Labute approximate surface area is 84.8 Å². The van der Waals surface area contributed by atoms with Gasteiger partial charge in [-0.2, -0.15) is 0 Å². The third-order valence-corrected chi connectivity index (χ3v) is 0.885. The number of carboxylic acids is 1. The summed E-state index contributed by atoms with van der Waals surface area (Å²) in [5.74, 6) is -0.833. The van der Waals surface area contributed by atoms with Crippen molar-refractivity contribution in [2.75, 3.05) is 0 Å². The van der Waals surface area contributed by atoms with Gasteiger partial charge in [-0.25, -0.2) is 4.85 Å². The molecule has 0 bridgehead atoms. The molecule has 1 N–H and O–H groups in total. The minimum atomic E-state index is -0.833. The number of aliphatic carboxylic acids is 1. The fourth-order valence-corrected chi connectivity index (χ4v) is 0.503. The van der Waals surface area contributed by atoms with E-state index in [1.807, 2.05) is 32.0 Å². The van der Waals surface area contributed by atoms with Gasteiger partial charge in [0.2, 0.25) is 0 Å². The lowest BCUT2D eigenvalue weighted by Crippen LogP contribution is -1.78. The lowest BCUT2D eigenvalue weighted by Gasteiger charge is -1.80. The summed E-state index contributed by atoms with van der Waals surface area (Å²) in [6.45, 7) is 11.7. The smallest absolute Gasteiger partial charge is 0.300 e. The molecule has 0 atom stereocenters. The van der Waals surface area contributed by atoms with Gasteiger partial charge in [0.1, 0.15) is 0 Å². The van der Waals surface area contributed by atoms with Gasteiger partial charge in [0, 0.05) is 6.92 Å². The molecule has 0 unspecified atom stereocenters. The molecular weight excluding hydrogens is 178 g/mol. The van der Waals surface area contributed by atoms with Crippen molar-refractivity contribution >= 4 is 11.7 Å². The van der Waals surface area contributed by atoms with Gasteiger partial charge < -0.3 is 5.11 Å². The molecule has 0 aliphatic rings. The summed E-state index contributed by atoms with van der Waals surface area (Å²) < 4.78 is 0. The number of hydrogen-bond acceptors (Lipinski definition) is 1. The minimum absolute atomic E-state index is 0.701. The van der Waals surface area contributed by atoms with E-state index < -0.39 is 5.97 Å². The quantitative estimate of drug-likeness (QED) is 0.642. The van der Waals surface area contributed by atoms with E-state index in [0.29, 0.717) is 5.69 Å². The van der Waals surface area contributed by atoms with Crippen molar-refractivity contribution in [2.24, 2.45) is 0 Å². The van der Waals surface area contributed by atoms with Gasteiger partial charge in [-0.1, -0.05) is 44.2 Å². The predicted molar refractivity (Wildman–Crippen MR) is 57.4 cm³/mol. The molecule has 76 valence electrons. The summed E-state index contributed by atoms with van der Waals surface area (Å²) in [4.78, 5) is 12.2. The molecular formula is C11H15NO2. The zero-order valence-corrected chi connectivity index (χ0v) is 8.69. The summed E-state index contributed by atoms with van der Waals surface area (Å²) in [7, 11) is 0. The normalized spacial score (nSPS) is 6.71. The number of para-hydroxylation sites is 1. The molecule has 0 radical (unpaired) electrons. The summed E-state index contributed by atoms with van der Waals surface area (Å²) >= 11 is 0. The van der Waals surface area contributed by atoms with E-state index in [0.717, 1.165) is 6.92 Å². The van der Waals surface area contributed by atoms with E-state index in [9.17, 15) is 0 Å². The van der Waals surface area contributed by atoms with E-state index >= 15 is 0 Å². The van der Waals surface area contributed by atoms with Crippen molar-refractivity contribution in [3.05, 3.63) is 41.7 Å². The van der Waals surface area contributed by atoms with Crippen LogP contribution in [-0.2, 0) is 4.79 Å². The van der Waals surface area contributed by atoms with Crippen molar-refractivity contribution in [1.29, 1.82) is 0 Å². The topological polar surface area (TPSA) is 41.7 Å². The Kier molecular flexibility index (Phi) is 11.7. The first-order chi connectivity index (χ1) is 6.66. The minimum Gasteiger partial charge on any atom is -0.481 e. The maximum absolute atomic E-state index is 9.00. The van der Waals surface area contributed by atoms with Gasteiger partial charge in [-0.15, -0.1) is 0 Å². The molecule has 0 spiro atoms. The predicted octanol–water partition coefficient (Wildman–Crippen LogP) is 3.35. The highest BCUT2D eigenvalue weighted by atomic mass is 16.4. The highest BCUT2D eigenvalue weighted by molar-refractivity contribution is 5.62. The molecule has 1 rings (SSSR count). The van der Waals surface area contributed by atoms with E-state index in [2.05, 4.69) is 4.85 Å². The van der Waals surface area contributed by atoms with Crippen LogP contribution in [0, 0.1) is 6.57 Å². The van der Waals surface area contributed by atoms with Gasteiger partial charge in [0.15, 0.2) is 5.69 Å². The summed E-state index contributed by atoms with van der Waals surface area (Å²) in [6, 6.07) is 9.18. The second-order valence-corrected chi connectivity index (χ2v) is 1.97. The number of carbonyl (C=O) groups is 1. The van der Waals surface area contributed by atoms with Crippen molar-refractivity contribution in [2.45, 2.75) is 20.8 Å². The highest BCUT2D eigenvalue weighted by Crippen LogP contribution is 2.07. The van der Waals surface area contributed by atoms with Gasteiger partial charge in [-0.3, -0.25) is 4.79 Å². The Bertz CT molecular complexity index is 271. The van der Waals surface area contributed by atoms with Crippen molar-refractivity contribution in [3.63, 3.8) is 0 Å². The molecule has 0 saturated carbocycles. The molecule has 0 amide bonds. The zero-order valence-electron chi connectivity index (χ0n) is 8.69. The first-order valence-electron chi connectivity index (χ1n) is 4.29. The van der Waals surface area contributed by atoms with Crippen molar-refractivity contribution in [3.8, 4) is 0 Å². The monoisotopic (exact) mass is 193 g/mol. The van der Waals surface area contributed by atoms with Crippen molar-refractivity contribution < 1.29 is 9.90 Å². The molecule has 1 aromatic rings. The first-order valence-corrected chi connectivity index (χ1v) is 4.29. The molecule has 14 heavy (non-hydrogen) atoms. The van der Waals surface area contributed by atoms with Crippen LogP contribution in [-0.4, -0.2) is 11.1 Å². The number of nitrogens with zero attached hydrogens (tertiary/aromatic N) is 1. The number of hydrogen-bond donors (Lipinski definition) is 1. The van der Waals surface area contributed by atoms with E-state index in [1.54, 1.807) is 12.1 Å². The maximum atomic E-state index is 9.00. The Morgan fingerprint density at radius 2 is 1.64 bits per heavy atom. The number of rotatable bonds is 0. The van der Waals surface area contributed by atoms with E-state index in [1.165, 1.54) is 0 Å². The van der Waals surface area contributed by atoms with Crippen LogP contribution in [0.15, 0.2) is 30.3 Å². The zero-order chi connectivity index (χ0) is 11.4. The van der Waals surface area contributed by atoms with Crippen LogP contribution in [0.4, 0.5) is 5.69 Å². The SMILES string of the molecule is CC.CC(=O)O.[C-]#[N+]c1ccccc1. The molecule has 0 aliphatic carbocycles. The summed E-state index contributed by atoms with van der Waals surface area (Å²) in [5.41, 5.74) is 0.701. The van der Waals surface area contributed by atoms with Crippen LogP contribution in [0.5, 0.6) is 0 Å². The van der Waals surface area contributed by atoms with Crippen LogP contribution < -0.4 is 0 Å². The van der Waals surface area contributed by atoms with Crippen LogP contribution in [0.25, 0.3) is 4.85 Å². The largest absolute Gasteiger partial charge is 0.481 e. The van der Waals surface area contributed by atoms with Gasteiger partial charge in [0.25, 0.3) is 5.97 Å². The molecule has 3 nitrogen and oxygen atoms in total. The third-order valence-electron chi connectivity index (χ3n) is 0.885. The van der Waals surface area contributed by atoms with Gasteiger partial charge in [0.05, 0.1) is 6.57 Å². The third kappa shape index (κ3) is 12.8. The van der Waals surface area contributed by atoms with Gasteiger partial charge >= 0.3 is 0 Å². The number of carboxylic acid groups (broad SMARTS) is 1. The fraction of sp³-hybridized carbons (Fsp3) is 0.273. The van der Waals surface area contributed by atoms with Crippen LogP contribution >= 0.6 is 0 Å². The van der Waals surface area contributed by atoms with Gasteiger partial charge in [-0.05, 0) is 0 Å². The molecule has 3 heteroatoms. The Balaban J connectivity index is 0. The van der Waals surface area contributed by atoms with Crippen LogP contribution in [0.2, 0.25) is 0 Å². The lowest BCUT2D eigenvalue weighted by atomic mass is 10.3. The van der Waals surface area contributed by atoms with E-state index in [-0.39, 0.29) is 0 Å². The Morgan fingerprint density at radius 1 is 1.29 bits per heavy atom. The van der Waals surface area contributed by atoms with Crippen LogP contribution in [0.1, 0.15) is 20.8 Å².